The van der Waals surface area contributed by atoms with Crippen molar-refractivity contribution in [3.63, 3.8) is 0 Å². The first-order valence-corrected chi connectivity index (χ1v) is 17.9. The number of fused-ring (bicyclic) bond motifs is 8. The Morgan fingerprint density at radius 1 is 0.463 bits per heavy atom. The van der Waals surface area contributed by atoms with Gasteiger partial charge in [-0.25, -0.2) is 0 Å². The largest absolute Gasteiger partial charge is 0.454 e. The van der Waals surface area contributed by atoms with Crippen LogP contribution in [0.5, 0.6) is 0 Å². The van der Waals surface area contributed by atoms with Gasteiger partial charge in [-0.2, -0.15) is 0 Å². The van der Waals surface area contributed by atoms with E-state index in [1.54, 1.807) is 12.1 Å². The van der Waals surface area contributed by atoms with Crippen molar-refractivity contribution >= 4 is 72.0 Å². The van der Waals surface area contributed by atoms with Crippen molar-refractivity contribution in [3.8, 4) is 27.9 Å². The highest BCUT2D eigenvalue weighted by molar-refractivity contribution is 6.22. The van der Waals surface area contributed by atoms with Gasteiger partial charge in [0.1, 0.15) is 11.2 Å². The molecule has 254 valence electrons. The molecule has 8 aromatic carbocycles. The zero-order valence-corrected chi connectivity index (χ0v) is 28.8. The van der Waals surface area contributed by atoms with Crippen molar-refractivity contribution in [3.05, 3.63) is 194 Å². The first-order chi connectivity index (χ1) is 28.9. The molecule has 11 rings (SSSR count). The smallest absolute Gasteiger partial charge is 0.213 e. The molecule has 0 saturated carbocycles. The predicted octanol–water partition coefficient (Wildman–Crippen LogP) is 14.2. The maximum atomic E-state index is 8.58. The Kier molecular flexibility index (Phi) is 5.76. The minimum Gasteiger partial charge on any atom is -0.454 e. The van der Waals surface area contributed by atoms with E-state index in [4.69, 9.17) is 15.7 Å². The van der Waals surface area contributed by atoms with Crippen LogP contribution in [0.4, 0.5) is 17.1 Å². The van der Waals surface area contributed by atoms with E-state index in [2.05, 4.69) is 82.3 Å². The van der Waals surface area contributed by atoms with Gasteiger partial charge >= 0.3 is 0 Å². The molecule has 0 bridgehead atoms. The van der Waals surface area contributed by atoms with E-state index in [-0.39, 0.29) is 29.7 Å². The van der Waals surface area contributed by atoms with Crippen LogP contribution in [-0.2, 0) is 0 Å². The van der Waals surface area contributed by atoms with Crippen LogP contribution in [0.25, 0.3) is 82.9 Å². The van der Waals surface area contributed by atoms with Crippen LogP contribution in [0.2, 0.25) is 0 Å². The van der Waals surface area contributed by atoms with Gasteiger partial charge in [-0.05, 0) is 71.3 Å². The summed E-state index contributed by atoms with van der Waals surface area (Å²) in [5.41, 5.74) is 10.5. The van der Waals surface area contributed by atoms with Crippen molar-refractivity contribution in [2.24, 2.45) is 0 Å². The predicted molar refractivity (Wildman–Crippen MR) is 223 cm³/mol. The van der Waals surface area contributed by atoms with E-state index < -0.39 is 6.04 Å². The number of aromatic nitrogens is 1. The lowest BCUT2D eigenvalue weighted by molar-refractivity contribution is 0.645. The number of rotatable bonds is 6. The molecule has 0 fully saturated rings. The summed E-state index contributed by atoms with van der Waals surface area (Å²) in [6.45, 7) is 0. The number of hydrogen-bond donors (Lipinski definition) is 0. The van der Waals surface area contributed by atoms with Gasteiger partial charge < -0.3 is 13.7 Å². The van der Waals surface area contributed by atoms with Crippen LogP contribution in [0, 0.1) is 0 Å². The average Bonchev–Trinajstić information content (AvgIpc) is 3.96. The van der Waals surface area contributed by atoms with Gasteiger partial charge in [0.25, 0.3) is 0 Å². The summed E-state index contributed by atoms with van der Waals surface area (Å²) in [5.74, 6) is 0. The Labute approximate surface area is 318 Å². The topological polar surface area (TPSA) is 34.5 Å². The molecule has 0 aliphatic carbocycles. The fourth-order valence-electron chi connectivity index (χ4n) is 7.89. The van der Waals surface area contributed by atoms with Crippen LogP contribution in [0.15, 0.2) is 203 Å². The van der Waals surface area contributed by atoms with E-state index in [9.17, 15) is 0 Å². The number of para-hydroxylation sites is 5. The second-order valence-electron chi connectivity index (χ2n) is 13.3. The van der Waals surface area contributed by atoms with Crippen LogP contribution in [0.1, 0.15) is 6.85 Å². The molecule has 54 heavy (non-hydrogen) atoms. The number of hydrogen-bond acceptors (Lipinski definition) is 3. The van der Waals surface area contributed by atoms with E-state index >= 15 is 0 Å². The lowest BCUT2D eigenvalue weighted by atomic mass is 10.0. The Morgan fingerprint density at radius 2 is 1.07 bits per heavy atom. The molecule has 0 spiro atoms. The fourth-order valence-corrected chi connectivity index (χ4v) is 7.89. The molecule has 0 N–H and O–H groups in total. The number of benzene rings is 8. The third-order valence-electron chi connectivity index (χ3n) is 10.3. The van der Waals surface area contributed by atoms with Crippen molar-refractivity contribution < 1.29 is 15.7 Å². The van der Waals surface area contributed by atoms with E-state index in [0.717, 1.165) is 88.8 Å². The highest BCUT2D eigenvalue weighted by Gasteiger charge is 2.23. The summed E-state index contributed by atoms with van der Waals surface area (Å²) >= 11 is 0. The van der Waals surface area contributed by atoms with Crippen LogP contribution in [-0.4, -0.2) is 4.57 Å². The summed E-state index contributed by atoms with van der Waals surface area (Å²) in [7, 11) is 0. The first kappa shape index (κ1) is 25.6. The minimum atomic E-state index is -0.416. The second kappa shape index (κ2) is 12.1. The average molecular weight is 698 g/mol. The lowest BCUT2D eigenvalue weighted by Gasteiger charge is -2.26. The molecule has 0 radical (unpaired) electrons. The van der Waals surface area contributed by atoms with Gasteiger partial charge in [0.05, 0.1) is 23.4 Å². The van der Waals surface area contributed by atoms with Gasteiger partial charge in [-0.15, -0.1) is 0 Å². The van der Waals surface area contributed by atoms with E-state index in [0.29, 0.717) is 5.56 Å². The molecular weight excluding hydrogens is 661 g/mol. The molecule has 4 heteroatoms. The Balaban J connectivity index is 1.09. The molecular formula is C50H32N2O2. The summed E-state index contributed by atoms with van der Waals surface area (Å²) in [6.07, 6.45) is 0. The van der Waals surface area contributed by atoms with Crippen LogP contribution >= 0.6 is 0 Å². The van der Waals surface area contributed by atoms with Gasteiger partial charge in [-0.1, -0.05) is 139 Å². The third-order valence-corrected chi connectivity index (χ3v) is 10.3. The normalized spacial score (nSPS) is 13.0. The van der Waals surface area contributed by atoms with E-state index in [1.807, 2.05) is 78.9 Å². The molecule has 3 aromatic heterocycles. The van der Waals surface area contributed by atoms with Crippen molar-refractivity contribution in [2.45, 2.75) is 0 Å². The Hall–Kier alpha value is -7.30. The zero-order chi connectivity index (χ0) is 39.9. The van der Waals surface area contributed by atoms with Crippen molar-refractivity contribution in [1.82, 2.24) is 4.57 Å². The monoisotopic (exact) mass is 697 g/mol. The van der Waals surface area contributed by atoms with Gasteiger partial charge in [-0.3, -0.25) is 4.57 Å². The molecule has 0 atom stereocenters. The molecule has 0 aliphatic heterocycles. The Bertz CT molecular complexity index is 3410. The summed E-state index contributed by atoms with van der Waals surface area (Å²) < 4.78 is 57.1. The fraction of sp³-hybridized carbons (Fsp3) is 0. The van der Waals surface area contributed by atoms with Crippen molar-refractivity contribution in [1.29, 1.82) is 0 Å². The summed E-state index contributed by atoms with van der Waals surface area (Å²) in [6, 6.07) is 53.4. The van der Waals surface area contributed by atoms with E-state index in [1.165, 1.54) is 0 Å². The van der Waals surface area contributed by atoms with Crippen molar-refractivity contribution in [2.75, 3.05) is 4.90 Å². The Morgan fingerprint density at radius 3 is 1.83 bits per heavy atom. The third kappa shape index (κ3) is 4.70. The van der Waals surface area contributed by atoms with Gasteiger partial charge in [0, 0.05) is 44.2 Å². The summed E-state index contributed by atoms with van der Waals surface area (Å²) in [4.78, 5) is 2.13. The standard InChI is InChI=1S/C50H32N2O2/c1-3-13-33(14-4-1)34-25-29-37(30-26-34)51(44-22-12-20-41-40-17-7-9-23-45(40)53-49(41)44)38-31-27-35(28-32-38)39-19-11-21-43-47-42-18-8-10-24-46(42)54-50(47)52(48(39)43)36-15-5-2-6-16-36/h1-32H/i1D,3D,4D,13D,14D. The highest BCUT2D eigenvalue weighted by atomic mass is 16.3. The molecule has 11 aromatic rings. The number of nitrogens with zero attached hydrogens (tertiary/aromatic N) is 2. The molecule has 0 saturated heterocycles. The SMILES string of the molecule is [2H]c1c([2H])c([2H])c(-c2ccc(N(c3ccc(-c4cccc5c6c7ccccc7oc6n(-c6ccccc6)c45)cc3)c3cccc4c3oc3ccccc34)cc2)c([2H])c1[2H]. The molecule has 4 nitrogen and oxygen atoms in total. The molecule has 3 heterocycles. The molecule has 0 amide bonds. The number of furan rings is 2. The maximum absolute atomic E-state index is 8.58. The molecule has 0 unspecified atom stereocenters. The quantitative estimate of drug-likeness (QED) is 0.173. The minimum absolute atomic E-state index is 0.159. The van der Waals surface area contributed by atoms with Gasteiger partial charge in [0.15, 0.2) is 5.58 Å². The lowest BCUT2D eigenvalue weighted by Crippen LogP contribution is -2.10. The van der Waals surface area contributed by atoms with Crippen LogP contribution < -0.4 is 4.90 Å². The number of anilines is 3. The maximum Gasteiger partial charge on any atom is 0.213 e. The van der Waals surface area contributed by atoms with Crippen LogP contribution in [0.3, 0.4) is 0 Å². The zero-order valence-electron chi connectivity index (χ0n) is 33.8. The first-order valence-electron chi connectivity index (χ1n) is 20.4. The second-order valence-corrected chi connectivity index (χ2v) is 13.3. The summed E-state index contributed by atoms with van der Waals surface area (Å²) in [5, 5.41) is 5.26. The van der Waals surface area contributed by atoms with Gasteiger partial charge in [0.2, 0.25) is 5.71 Å². The molecule has 0 aliphatic rings. The highest BCUT2D eigenvalue weighted by Crippen LogP contribution is 2.45.